The van der Waals surface area contributed by atoms with Crippen LogP contribution in [0.2, 0.25) is 5.02 Å². The number of benzene rings is 5. The molecule has 0 saturated carbocycles. The minimum atomic E-state index is -0.605. The summed E-state index contributed by atoms with van der Waals surface area (Å²) in [6.45, 7) is 6.52. The van der Waals surface area contributed by atoms with Crippen LogP contribution in [0.3, 0.4) is 0 Å². The molecule has 7 rings (SSSR count). The number of hydrogen-bond donors (Lipinski definition) is 0. The normalized spacial score (nSPS) is 11.2. The number of fused-ring (bicyclic) bond motifs is 2. The maximum absolute atomic E-state index is 12.8. The van der Waals surface area contributed by atoms with Gasteiger partial charge in [-0.3, -0.25) is 9.59 Å². The second-order valence-corrected chi connectivity index (χ2v) is 14.6. The van der Waals surface area contributed by atoms with Gasteiger partial charge in [-0.2, -0.15) is 0 Å². The molecule has 0 unspecified atom stereocenters. The topological polar surface area (TPSA) is 96.1 Å². The Hall–Kier alpha value is -5.38. The molecule has 262 valence electrons. The van der Waals surface area contributed by atoms with Crippen LogP contribution in [0.1, 0.15) is 53.4 Å². The monoisotopic (exact) mass is 774 g/mol. The van der Waals surface area contributed by atoms with Gasteiger partial charge in [-0.05, 0) is 91.9 Å². The summed E-state index contributed by atoms with van der Waals surface area (Å²) in [4.78, 5) is 45.8. The van der Waals surface area contributed by atoms with Crippen molar-refractivity contribution in [3.05, 3.63) is 186 Å². The fourth-order valence-electron chi connectivity index (χ4n) is 5.77. The minimum absolute atomic E-state index is 0.0846. The first-order chi connectivity index (χ1) is 24.9. The molecule has 2 aromatic heterocycles. The van der Waals surface area contributed by atoms with E-state index in [0.29, 0.717) is 30.1 Å². The number of halogens is 2. The summed E-state index contributed by atoms with van der Waals surface area (Å²) in [6.07, 6.45) is 3.22. The number of aromatic nitrogens is 4. The Bertz CT molecular complexity index is 2490. The second-order valence-electron chi connectivity index (χ2n) is 13.3. The van der Waals surface area contributed by atoms with Gasteiger partial charge in [0.25, 0.3) is 11.1 Å². The average Bonchev–Trinajstić information content (AvgIpc) is 3.12. The molecule has 0 aliphatic rings. The Morgan fingerprint density at radius 1 is 0.692 bits per heavy atom. The SMILES string of the molecule is CC(C)(C)OC(=O)c1cc(Cl)ccc1Cc1ccc2c(c1)ncc(=O)n2Cc1ccccc1.O=c1cnc2cc(Br)ccc2n1Cc1ccccc1. The third-order valence-electron chi connectivity index (χ3n) is 8.17. The number of hydrogen-bond acceptors (Lipinski definition) is 6. The summed E-state index contributed by atoms with van der Waals surface area (Å²) in [6, 6.07) is 36.6. The van der Waals surface area contributed by atoms with Gasteiger partial charge >= 0.3 is 5.97 Å². The van der Waals surface area contributed by atoms with Crippen LogP contribution in [0.15, 0.2) is 142 Å². The van der Waals surface area contributed by atoms with E-state index in [-0.39, 0.29) is 11.1 Å². The van der Waals surface area contributed by atoms with E-state index in [0.717, 1.165) is 48.8 Å². The smallest absolute Gasteiger partial charge is 0.338 e. The molecule has 2 heterocycles. The number of rotatable bonds is 7. The van der Waals surface area contributed by atoms with E-state index in [2.05, 4.69) is 25.9 Å². The van der Waals surface area contributed by atoms with E-state index < -0.39 is 11.6 Å². The molecule has 8 nitrogen and oxygen atoms in total. The first kappa shape index (κ1) is 36.4. The zero-order valence-electron chi connectivity index (χ0n) is 28.9. The zero-order valence-corrected chi connectivity index (χ0v) is 31.3. The summed E-state index contributed by atoms with van der Waals surface area (Å²) < 4.78 is 9.98. The van der Waals surface area contributed by atoms with Crippen molar-refractivity contribution in [2.75, 3.05) is 0 Å². The minimum Gasteiger partial charge on any atom is -0.456 e. The van der Waals surface area contributed by atoms with Crippen molar-refractivity contribution in [3.8, 4) is 0 Å². The van der Waals surface area contributed by atoms with Crippen LogP contribution in [0, 0.1) is 0 Å². The maximum atomic E-state index is 12.8. The highest BCUT2D eigenvalue weighted by Gasteiger charge is 2.21. The van der Waals surface area contributed by atoms with Crippen molar-refractivity contribution in [2.24, 2.45) is 0 Å². The summed E-state index contributed by atoms with van der Waals surface area (Å²) >= 11 is 9.58. The molecule has 5 aromatic carbocycles. The Morgan fingerprint density at radius 3 is 1.79 bits per heavy atom. The Morgan fingerprint density at radius 2 is 1.23 bits per heavy atom. The quantitative estimate of drug-likeness (QED) is 0.150. The van der Waals surface area contributed by atoms with Gasteiger partial charge < -0.3 is 13.9 Å². The molecule has 0 aliphatic heterocycles. The van der Waals surface area contributed by atoms with Gasteiger partial charge in [0.2, 0.25) is 0 Å². The standard InChI is InChI=1S/C27H25ClN2O3.C15H11BrN2O/c1-27(2,3)33-26(32)22-15-21(28)11-10-20(22)13-19-9-12-24-23(14-19)29-16-25(31)30(24)17-18-7-5-4-6-8-18;16-12-6-7-14-13(8-12)17-9-15(19)18(14)10-11-4-2-1-3-5-11/h4-12,14-16H,13,17H2,1-3H3;1-9H,10H2. The van der Waals surface area contributed by atoms with Crippen molar-refractivity contribution in [3.63, 3.8) is 0 Å². The van der Waals surface area contributed by atoms with Gasteiger partial charge in [-0.15, -0.1) is 0 Å². The molecular formula is C42H36BrClN4O4. The molecule has 0 aliphatic carbocycles. The lowest BCUT2D eigenvalue weighted by molar-refractivity contribution is 0.00684. The molecule has 0 atom stereocenters. The fraction of sp³-hybridized carbons (Fsp3) is 0.167. The van der Waals surface area contributed by atoms with Gasteiger partial charge in [-0.25, -0.2) is 14.8 Å². The van der Waals surface area contributed by atoms with Gasteiger partial charge in [0.1, 0.15) is 5.60 Å². The highest BCUT2D eigenvalue weighted by atomic mass is 79.9. The largest absolute Gasteiger partial charge is 0.456 e. The van der Waals surface area contributed by atoms with E-state index in [4.69, 9.17) is 16.3 Å². The van der Waals surface area contributed by atoms with Crippen LogP contribution in [0.4, 0.5) is 0 Å². The van der Waals surface area contributed by atoms with E-state index in [1.165, 1.54) is 12.4 Å². The van der Waals surface area contributed by atoms with Gasteiger partial charge in [0.05, 0.1) is 53.1 Å². The van der Waals surface area contributed by atoms with Gasteiger partial charge in [-0.1, -0.05) is 100 Å². The first-order valence-electron chi connectivity index (χ1n) is 16.7. The van der Waals surface area contributed by atoms with Crippen LogP contribution in [0.5, 0.6) is 0 Å². The Kier molecular flexibility index (Phi) is 11.1. The number of ether oxygens (including phenoxy) is 1. The molecular weight excluding hydrogens is 740 g/mol. The molecule has 0 bridgehead atoms. The highest BCUT2D eigenvalue weighted by Crippen LogP contribution is 2.24. The van der Waals surface area contributed by atoms with Crippen LogP contribution < -0.4 is 11.1 Å². The lowest BCUT2D eigenvalue weighted by atomic mass is 9.99. The van der Waals surface area contributed by atoms with E-state index >= 15 is 0 Å². The van der Waals surface area contributed by atoms with Gasteiger partial charge in [0, 0.05) is 9.50 Å². The van der Waals surface area contributed by atoms with Crippen molar-refractivity contribution in [1.82, 2.24) is 19.1 Å². The van der Waals surface area contributed by atoms with Crippen LogP contribution >= 0.6 is 27.5 Å². The zero-order chi connectivity index (χ0) is 36.8. The van der Waals surface area contributed by atoms with Crippen LogP contribution in [0.25, 0.3) is 22.1 Å². The second kappa shape index (κ2) is 15.9. The Balaban J connectivity index is 0.000000206. The summed E-state index contributed by atoms with van der Waals surface area (Å²) in [7, 11) is 0. The molecule has 0 spiro atoms. The van der Waals surface area contributed by atoms with E-state index in [9.17, 15) is 14.4 Å². The van der Waals surface area contributed by atoms with Crippen molar-refractivity contribution < 1.29 is 9.53 Å². The highest BCUT2D eigenvalue weighted by molar-refractivity contribution is 9.10. The van der Waals surface area contributed by atoms with Crippen molar-refractivity contribution in [1.29, 1.82) is 0 Å². The molecule has 7 aromatic rings. The molecule has 0 saturated heterocycles. The number of esters is 1. The fourth-order valence-corrected chi connectivity index (χ4v) is 6.29. The molecule has 10 heteroatoms. The molecule has 52 heavy (non-hydrogen) atoms. The summed E-state index contributed by atoms with van der Waals surface area (Å²) in [5.41, 5.74) is 6.66. The lowest BCUT2D eigenvalue weighted by Gasteiger charge is -2.20. The number of nitrogens with zero attached hydrogens (tertiary/aromatic N) is 4. The summed E-state index contributed by atoms with van der Waals surface area (Å²) in [5.74, 6) is -0.407. The molecule has 0 fully saturated rings. The lowest BCUT2D eigenvalue weighted by Crippen LogP contribution is -2.24. The number of carbonyl (C=O) groups is 1. The third kappa shape index (κ3) is 9.09. The van der Waals surface area contributed by atoms with E-state index in [1.807, 2.05) is 124 Å². The predicted octanol–water partition coefficient (Wildman–Crippen LogP) is 8.85. The van der Waals surface area contributed by atoms with Crippen molar-refractivity contribution in [2.45, 2.75) is 45.9 Å². The third-order valence-corrected chi connectivity index (χ3v) is 8.90. The molecule has 0 amide bonds. The Labute approximate surface area is 314 Å². The average molecular weight is 776 g/mol. The predicted molar refractivity (Wildman–Crippen MR) is 210 cm³/mol. The summed E-state index contributed by atoms with van der Waals surface area (Å²) in [5, 5.41) is 0.477. The maximum Gasteiger partial charge on any atom is 0.338 e. The van der Waals surface area contributed by atoms with Crippen LogP contribution in [-0.4, -0.2) is 30.7 Å². The number of carbonyl (C=O) groups excluding carboxylic acids is 1. The van der Waals surface area contributed by atoms with E-state index in [1.54, 1.807) is 21.3 Å². The van der Waals surface area contributed by atoms with Crippen molar-refractivity contribution >= 4 is 55.6 Å². The molecule has 0 radical (unpaired) electrons. The molecule has 0 N–H and O–H groups in total. The van der Waals surface area contributed by atoms with Gasteiger partial charge in [0.15, 0.2) is 0 Å². The first-order valence-corrected chi connectivity index (χ1v) is 17.8. The van der Waals surface area contributed by atoms with Crippen LogP contribution in [-0.2, 0) is 24.2 Å².